The molecule has 0 amide bonds. The second-order valence-electron chi connectivity index (χ2n) is 22.4. The Balaban J connectivity index is 0.953. The average molecular weight is 1020 g/mol. The molecule has 0 aliphatic heterocycles. The second-order valence-corrected chi connectivity index (χ2v) is 22.4. The molecule has 0 fully saturated rings. The summed E-state index contributed by atoms with van der Waals surface area (Å²) >= 11 is 0. The van der Waals surface area contributed by atoms with Crippen LogP contribution < -0.4 is 0 Å². The Morgan fingerprint density at radius 2 is 0.469 bits per heavy atom. The van der Waals surface area contributed by atoms with E-state index in [4.69, 9.17) is 0 Å². The summed E-state index contributed by atoms with van der Waals surface area (Å²) in [5.41, 5.74) is 35.1. The van der Waals surface area contributed by atoms with Crippen LogP contribution in [0.4, 0.5) is 0 Å². The van der Waals surface area contributed by atoms with Gasteiger partial charge < -0.3 is 0 Å². The first kappa shape index (κ1) is 44.6. The van der Waals surface area contributed by atoms with Crippen molar-refractivity contribution in [2.24, 2.45) is 0 Å². The lowest BCUT2D eigenvalue weighted by atomic mass is 9.70. The predicted molar refractivity (Wildman–Crippen MR) is 339 cm³/mol. The maximum Gasteiger partial charge on any atom is 0.0725 e. The van der Waals surface area contributed by atoms with Gasteiger partial charge in [-0.25, -0.2) is 0 Å². The number of benzene rings is 14. The quantitative estimate of drug-likeness (QED) is 0.156. The van der Waals surface area contributed by atoms with Crippen molar-refractivity contribution in [3.8, 4) is 134 Å². The highest BCUT2D eigenvalue weighted by atomic mass is 14.5. The van der Waals surface area contributed by atoms with E-state index in [-0.39, 0.29) is 0 Å². The lowest BCUT2D eigenvalue weighted by molar-refractivity contribution is 0.794. The number of hydrogen-bond donors (Lipinski definition) is 0. The van der Waals surface area contributed by atoms with E-state index in [1.165, 1.54) is 177 Å². The van der Waals surface area contributed by atoms with Crippen LogP contribution in [0.5, 0.6) is 0 Å². The average Bonchev–Trinajstić information content (AvgIpc) is 2.35. The van der Waals surface area contributed by atoms with Crippen LogP contribution in [-0.4, -0.2) is 0 Å². The van der Waals surface area contributed by atoms with Crippen molar-refractivity contribution < 1.29 is 0 Å². The fourth-order valence-electron chi connectivity index (χ4n) is 15.4. The molecule has 18 rings (SSSR count). The highest BCUT2D eigenvalue weighted by Crippen LogP contribution is 2.65. The van der Waals surface area contributed by atoms with Gasteiger partial charge in [-0.2, -0.15) is 0 Å². The van der Waals surface area contributed by atoms with Crippen LogP contribution in [0.2, 0.25) is 0 Å². The molecule has 0 bridgehead atoms. The summed E-state index contributed by atoms with van der Waals surface area (Å²) in [6, 6.07) is 110. The Labute approximate surface area is 471 Å². The Bertz CT molecular complexity index is 4680. The van der Waals surface area contributed by atoms with Crippen molar-refractivity contribution >= 4 is 21.5 Å². The van der Waals surface area contributed by atoms with Gasteiger partial charge in [0.15, 0.2) is 0 Å². The fourth-order valence-corrected chi connectivity index (χ4v) is 15.4. The van der Waals surface area contributed by atoms with Crippen molar-refractivity contribution in [3.63, 3.8) is 0 Å². The van der Waals surface area contributed by atoms with E-state index in [1.54, 1.807) is 0 Å². The lowest BCUT2D eigenvalue weighted by Gasteiger charge is -2.30. The molecular weight excluding hydrogens is 973 g/mol. The molecule has 14 aromatic rings. The van der Waals surface area contributed by atoms with Gasteiger partial charge in [0.2, 0.25) is 0 Å². The minimum atomic E-state index is -0.533. The summed E-state index contributed by atoms with van der Waals surface area (Å²) in [5.74, 6) is 0. The summed E-state index contributed by atoms with van der Waals surface area (Å²) in [4.78, 5) is 0. The molecule has 14 aromatic carbocycles. The van der Waals surface area contributed by atoms with Crippen LogP contribution in [0.15, 0.2) is 291 Å². The van der Waals surface area contributed by atoms with Crippen LogP contribution in [0.25, 0.3) is 155 Å². The van der Waals surface area contributed by atoms with E-state index in [9.17, 15) is 0 Å². The zero-order valence-electron chi connectivity index (χ0n) is 44.2. The van der Waals surface area contributed by atoms with E-state index in [1.807, 2.05) is 0 Å². The summed E-state index contributed by atoms with van der Waals surface area (Å²) in [7, 11) is 0. The topological polar surface area (TPSA) is 0 Å². The Morgan fingerprint density at radius 3 is 0.864 bits per heavy atom. The maximum absolute atomic E-state index is 2.56. The molecule has 81 heavy (non-hydrogen) atoms. The lowest BCUT2D eigenvalue weighted by Crippen LogP contribution is -2.25. The monoisotopic (exact) mass is 1020 g/mol. The van der Waals surface area contributed by atoms with Crippen molar-refractivity contribution in [2.45, 2.75) is 5.41 Å². The van der Waals surface area contributed by atoms with Crippen molar-refractivity contribution in [1.29, 1.82) is 0 Å². The smallest absolute Gasteiger partial charge is 0.0622 e. The molecule has 0 saturated carbocycles. The van der Waals surface area contributed by atoms with Crippen LogP contribution in [-0.2, 0) is 5.41 Å². The van der Waals surface area contributed by atoms with Crippen molar-refractivity contribution in [2.75, 3.05) is 0 Å². The third kappa shape index (κ3) is 6.03. The number of fused-ring (bicyclic) bond motifs is 16. The van der Waals surface area contributed by atoms with Gasteiger partial charge >= 0.3 is 0 Å². The van der Waals surface area contributed by atoms with Gasteiger partial charge in [0.05, 0.1) is 5.41 Å². The van der Waals surface area contributed by atoms with Crippen molar-refractivity contribution in [3.05, 3.63) is 313 Å². The zero-order valence-corrected chi connectivity index (χ0v) is 44.2. The van der Waals surface area contributed by atoms with Crippen LogP contribution in [0.3, 0.4) is 0 Å². The van der Waals surface area contributed by atoms with Crippen LogP contribution in [0.1, 0.15) is 22.3 Å². The molecule has 4 aliphatic carbocycles. The molecule has 1 spiro atoms. The molecule has 372 valence electrons. The third-order valence-electron chi connectivity index (χ3n) is 18.5. The molecule has 4 aliphatic rings. The van der Waals surface area contributed by atoms with Crippen molar-refractivity contribution in [1.82, 2.24) is 0 Å². The Morgan fingerprint density at radius 1 is 0.160 bits per heavy atom. The summed E-state index contributed by atoms with van der Waals surface area (Å²) < 4.78 is 0. The van der Waals surface area contributed by atoms with Crippen LogP contribution in [0, 0.1) is 0 Å². The number of hydrogen-bond acceptors (Lipinski definition) is 0. The normalized spacial score (nSPS) is 13.0. The molecule has 0 radical (unpaired) electrons. The van der Waals surface area contributed by atoms with Gasteiger partial charge in [0, 0.05) is 0 Å². The predicted octanol–water partition coefficient (Wildman–Crippen LogP) is 21.6. The molecule has 0 unspecified atom stereocenters. The first-order valence-corrected chi connectivity index (χ1v) is 28.4. The van der Waals surface area contributed by atoms with Gasteiger partial charge in [-0.3, -0.25) is 0 Å². The maximum atomic E-state index is 2.56. The van der Waals surface area contributed by atoms with Gasteiger partial charge in [0.1, 0.15) is 0 Å². The standard InChI is InChI=1S/C81H48/c1-5-21-49(22-6-1)63-47-65(75(53-25-9-3-10-26-53)79-61-37-19-31-51-29-17-35-59(73(51)61)77(63)79)55-41-43-71-67(45-55)68-46-56(42-44-72(68)81(71)69-39-15-13-33-57(69)58-34-14-16-40-70(58)81)66-48-64(50-23-7-2-8-24-50)78-60-36-18-30-52-32-20-38-62(74(52)60)80(78)76(66)54-27-11-4-12-28-54/h1-48H. The molecule has 0 atom stereocenters. The first-order valence-electron chi connectivity index (χ1n) is 28.4. The molecule has 0 aromatic heterocycles. The summed E-state index contributed by atoms with van der Waals surface area (Å²) in [5, 5.41) is 5.19. The molecule has 0 N–H and O–H groups in total. The summed E-state index contributed by atoms with van der Waals surface area (Å²) in [6.45, 7) is 0. The SMILES string of the molecule is c1ccc(-c2cc(-c3ccc4c(c3)-c3cc(-c5cc(-c6ccccc6)c6c(c5-c5ccccc5)-c5cccc7cccc-6c57)ccc3C43c4ccccc4-c4ccccc43)c(-c3ccccc3)c3c2-c2cccc4cccc-3c24)cc1. The highest BCUT2D eigenvalue weighted by molar-refractivity contribution is 6.24. The largest absolute Gasteiger partial charge is 0.0725 e. The van der Waals surface area contributed by atoms with E-state index in [0.29, 0.717) is 0 Å². The van der Waals surface area contributed by atoms with E-state index in [0.717, 1.165) is 0 Å². The van der Waals surface area contributed by atoms with Crippen LogP contribution >= 0.6 is 0 Å². The zero-order chi connectivity index (χ0) is 52.9. The van der Waals surface area contributed by atoms with Gasteiger partial charge in [0.25, 0.3) is 0 Å². The minimum Gasteiger partial charge on any atom is -0.0622 e. The molecular formula is C81H48. The second kappa shape index (κ2) is 16.8. The van der Waals surface area contributed by atoms with E-state index < -0.39 is 5.41 Å². The summed E-state index contributed by atoms with van der Waals surface area (Å²) in [6.07, 6.45) is 0. The third-order valence-corrected chi connectivity index (χ3v) is 18.5. The molecule has 0 nitrogen and oxygen atoms in total. The first-order chi connectivity index (χ1) is 40.2. The fraction of sp³-hybridized carbons (Fsp3) is 0.0123. The van der Waals surface area contributed by atoms with Gasteiger partial charge in [-0.1, -0.05) is 267 Å². The van der Waals surface area contributed by atoms with Gasteiger partial charge in [-0.05, 0) is 202 Å². The minimum absolute atomic E-state index is 0.533. The Hall–Kier alpha value is -10.4. The Kier molecular flexibility index (Phi) is 9.25. The van der Waals surface area contributed by atoms with E-state index in [2.05, 4.69) is 291 Å². The molecule has 0 heterocycles. The molecule has 0 heteroatoms. The van der Waals surface area contributed by atoms with Gasteiger partial charge in [-0.15, -0.1) is 0 Å². The number of rotatable bonds is 6. The van der Waals surface area contributed by atoms with E-state index >= 15 is 0 Å². The molecule has 0 saturated heterocycles. The highest BCUT2D eigenvalue weighted by Gasteiger charge is 2.52.